The fraction of sp³-hybridized carbons (Fsp3) is 0.250. The molecule has 0 spiro atoms. The highest BCUT2D eigenvalue weighted by molar-refractivity contribution is 6.31. The van der Waals surface area contributed by atoms with E-state index < -0.39 is 12.5 Å². The molecule has 146 valence electrons. The molecule has 0 fully saturated rings. The van der Waals surface area contributed by atoms with E-state index in [0.29, 0.717) is 5.69 Å². The van der Waals surface area contributed by atoms with Crippen molar-refractivity contribution in [3.05, 3.63) is 53.1 Å². The van der Waals surface area contributed by atoms with E-state index in [0.717, 1.165) is 19.3 Å². The van der Waals surface area contributed by atoms with Crippen molar-refractivity contribution in [1.29, 1.82) is 0 Å². The second-order valence-electron chi connectivity index (χ2n) is 5.32. The number of halogens is 5. The average molecular weight is 407 g/mol. The molecular weight excluding hydrogens is 392 g/mol. The number of nitrogens with one attached hydrogen (secondary N) is 1. The van der Waals surface area contributed by atoms with Crippen LogP contribution in [0.3, 0.4) is 0 Å². The number of nitrogens with two attached hydrogens (primary N) is 1. The van der Waals surface area contributed by atoms with E-state index in [9.17, 15) is 17.6 Å². The van der Waals surface area contributed by atoms with Crippen LogP contribution in [0.2, 0.25) is 5.02 Å². The van der Waals surface area contributed by atoms with Gasteiger partial charge in [0.25, 0.3) is 5.92 Å². The van der Waals surface area contributed by atoms with Crippen molar-refractivity contribution in [3.8, 4) is 11.8 Å². The van der Waals surface area contributed by atoms with Crippen molar-refractivity contribution in [2.24, 2.45) is 5.73 Å². The van der Waals surface area contributed by atoms with Gasteiger partial charge in [-0.25, -0.2) is 8.78 Å². The third kappa shape index (κ3) is 6.48. The Hall–Kier alpha value is -2.75. The molecule has 27 heavy (non-hydrogen) atoms. The second kappa shape index (κ2) is 8.76. The SMILES string of the molecule is CC(F)(F)c1cc(N/C=C(\N)COc2ncc(OC(F)F)cn2)ccc1Cl. The number of hydrogen-bond acceptors (Lipinski definition) is 6. The first-order valence-corrected chi connectivity index (χ1v) is 7.81. The lowest BCUT2D eigenvalue weighted by Gasteiger charge is -2.14. The molecule has 3 N–H and O–H groups in total. The minimum absolute atomic E-state index is 0.0512. The number of aromatic nitrogens is 2. The van der Waals surface area contributed by atoms with Crippen molar-refractivity contribution in [2.45, 2.75) is 19.5 Å². The number of benzene rings is 1. The quantitative estimate of drug-likeness (QED) is 0.641. The number of alkyl halides is 4. The summed E-state index contributed by atoms with van der Waals surface area (Å²) in [7, 11) is 0. The Kier molecular flexibility index (Phi) is 6.67. The molecule has 0 aliphatic carbocycles. The standard InChI is InChI=1S/C16H15ClF4N4O2/c1-16(20,21)12-4-10(2-3-13(12)17)23-5-9(22)8-26-15-24-6-11(7-25-15)27-14(18)19/h2-7,14,23H,8,22H2,1H3/b9-5-. The molecule has 2 aromatic rings. The number of ether oxygens (including phenoxy) is 2. The Morgan fingerprint density at radius 1 is 1.33 bits per heavy atom. The highest BCUT2D eigenvalue weighted by Gasteiger charge is 2.27. The van der Waals surface area contributed by atoms with Gasteiger partial charge in [0.1, 0.15) is 6.61 Å². The van der Waals surface area contributed by atoms with Crippen LogP contribution in [0, 0.1) is 0 Å². The van der Waals surface area contributed by atoms with Crippen LogP contribution >= 0.6 is 11.6 Å². The molecule has 0 bridgehead atoms. The van der Waals surface area contributed by atoms with Crippen LogP contribution in [-0.2, 0) is 5.92 Å². The minimum Gasteiger partial charge on any atom is -0.457 e. The summed E-state index contributed by atoms with van der Waals surface area (Å²) >= 11 is 5.77. The molecule has 11 heteroatoms. The van der Waals surface area contributed by atoms with Crippen molar-refractivity contribution in [1.82, 2.24) is 9.97 Å². The number of nitrogens with zero attached hydrogens (tertiary/aromatic N) is 2. The normalized spacial score (nSPS) is 12.2. The summed E-state index contributed by atoms with van der Waals surface area (Å²) < 4.78 is 60.2. The van der Waals surface area contributed by atoms with Gasteiger partial charge in [0.15, 0.2) is 5.75 Å². The summed E-state index contributed by atoms with van der Waals surface area (Å²) in [4.78, 5) is 7.35. The summed E-state index contributed by atoms with van der Waals surface area (Å²) in [5.41, 5.74) is 5.97. The molecule has 0 saturated carbocycles. The first kappa shape index (κ1) is 20.6. The van der Waals surface area contributed by atoms with Gasteiger partial charge >= 0.3 is 12.6 Å². The number of hydrogen-bond donors (Lipinski definition) is 2. The summed E-state index contributed by atoms with van der Waals surface area (Å²) in [6, 6.07) is 3.95. The van der Waals surface area contributed by atoms with E-state index in [1.807, 2.05) is 0 Å². The summed E-state index contributed by atoms with van der Waals surface area (Å²) in [6.07, 6.45) is 3.38. The van der Waals surface area contributed by atoms with Gasteiger partial charge in [-0.15, -0.1) is 0 Å². The Morgan fingerprint density at radius 3 is 2.59 bits per heavy atom. The Balaban J connectivity index is 1.93. The van der Waals surface area contributed by atoms with Crippen molar-refractivity contribution < 1.29 is 27.0 Å². The Morgan fingerprint density at radius 2 is 2.00 bits per heavy atom. The zero-order valence-electron chi connectivity index (χ0n) is 13.9. The molecule has 0 radical (unpaired) electrons. The first-order chi connectivity index (χ1) is 12.6. The largest absolute Gasteiger partial charge is 0.457 e. The third-order valence-corrected chi connectivity index (χ3v) is 3.39. The molecule has 6 nitrogen and oxygen atoms in total. The fourth-order valence-electron chi connectivity index (χ4n) is 1.86. The molecule has 2 rings (SSSR count). The van der Waals surface area contributed by atoms with Crippen molar-refractivity contribution in [3.63, 3.8) is 0 Å². The van der Waals surface area contributed by atoms with E-state index in [2.05, 4.69) is 20.0 Å². The van der Waals surface area contributed by atoms with Gasteiger partial charge in [-0.3, -0.25) is 0 Å². The van der Waals surface area contributed by atoms with Crippen molar-refractivity contribution >= 4 is 17.3 Å². The van der Waals surface area contributed by atoms with Gasteiger partial charge < -0.3 is 20.5 Å². The Bertz CT molecular complexity index is 798. The molecule has 0 aliphatic heterocycles. The average Bonchev–Trinajstić information content (AvgIpc) is 2.59. The lowest BCUT2D eigenvalue weighted by Crippen LogP contribution is -2.13. The number of rotatable bonds is 8. The second-order valence-corrected chi connectivity index (χ2v) is 5.72. The summed E-state index contributed by atoms with van der Waals surface area (Å²) in [6.45, 7) is -2.37. The zero-order chi connectivity index (χ0) is 20.0. The maximum absolute atomic E-state index is 13.5. The highest BCUT2D eigenvalue weighted by Crippen LogP contribution is 2.34. The van der Waals surface area contributed by atoms with Crippen molar-refractivity contribution in [2.75, 3.05) is 11.9 Å². The predicted molar refractivity (Wildman–Crippen MR) is 91.1 cm³/mol. The van der Waals surface area contributed by atoms with Crippen LogP contribution in [0.5, 0.6) is 11.8 Å². The smallest absolute Gasteiger partial charge is 0.387 e. The predicted octanol–water partition coefficient (Wildman–Crippen LogP) is 4.13. The van der Waals surface area contributed by atoms with Gasteiger partial charge in [-0.05, 0) is 18.2 Å². The highest BCUT2D eigenvalue weighted by atomic mass is 35.5. The maximum atomic E-state index is 13.5. The van der Waals surface area contributed by atoms with Gasteiger partial charge in [-0.1, -0.05) is 11.6 Å². The Labute approximate surface area is 157 Å². The van der Waals surface area contributed by atoms with Crippen LogP contribution < -0.4 is 20.5 Å². The number of anilines is 1. The van der Waals surface area contributed by atoms with Crippen LogP contribution in [0.1, 0.15) is 12.5 Å². The maximum Gasteiger partial charge on any atom is 0.387 e. The van der Waals surface area contributed by atoms with Gasteiger partial charge in [0.2, 0.25) is 0 Å². The van der Waals surface area contributed by atoms with E-state index >= 15 is 0 Å². The van der Waals surface area contributed by atoms with Gasteiger partial charge in [0, 0.05) is 29.4 Å². The molecule has 0 saturated heterocycles. The zero-order valence-corrected chi connectivity index (χ0v) is 14.7. The van der Waals surface area contributed by atoms with Crippen LogP contribution in [0.4, 0.5) is 23.2 Å². The molecule has 1 aromatic heterocycles. The van der Waals surface area contributed by atoms with Crippen LogP contribution in [-0.4, -0.2) is 23.2 Å². The topological polar surface area (TPSA) is 82.3 Å². The minimum atomic E-state index is -3.09. The summed E-state index contributed by atoms with van der Waals surface area (Å²) in [5.74, 6) is -3.31. The van der Waals surface area contributed by atoms with E-state index in [1.165, 1.54) is 24.4 Å². The van der Waals surface area contributed by atoms with E-state index in [1.54, 1.807) is 0 Å². The van der Waals surface area contributed by atoms with Crippen LogP contribution in [0.25, 0.3) is 0 Å². The monoisotopic (exact) mass is 406 g/mol. The lowest BCUT2D eigenvalue weighted by molar-refractivity contribution is -0.0504. The molecule has 1 aromatic carbocycles. The molecule has 0 amide bonds. The molecule has 1 heterocycles. The summed E-state index contributed by atoms with van der Waals surface area (Å²) in [5, 5.41) is 2.70. The molecule has 0 aliphatic rings. The van der Waals surface area contributed by atoms with Gasteiger partial charge in [0.05, 0.1) is 18.1 Å². The molecule has 0 unspecified atom stereocenters. The van der Waals surface area contributed by atoms with Gasteiger partial charge in [-0.2, -0.15) is 18.7 Å². The van der Waals surface area contributed by atoms with E-state index in [-0.39, 0.29) is 34.6 Å². The first-order valence-electron chi connectivity index (χ1n) is 7.43. The lowest BCUT2D eigenvalue weighted by atomic mass is 10.1. The third-order valence-electron chi connectivity index (χ3n) is 3.06. The fourth-order valence-corrected chi connectivity index (χ4v) is 2.14. The molecular formula is C16H15ClF4N4O2. The van der Waals surface area contributed by atoms with Crippen LogP contribution in [0.15, 0.2) is 42.5 Å². The van der Waals surface area contributed by atoms with E-state index in [4.69, 9.17) is 22.1 Å². The molecule has 0 atom stereocenters.